The Hall–Kier alpha value is -2.62. The first kappa shape index (κ1) is 29.6. The average Bonchev–Trinajstić information content (AvgIpc) is 2.84. The summed E-state index contributed by atoms with van der Waals surface area (Å²) in [6, 6.07) is 17.2. The van der Waals surface area contributed by atoms with Crippen LogP contribution in [0.5, 0.6) is 5.75 Å². The zero-order chi connectivity index (χ0) is 25.4. The van der Waals surface area contributed by atoms with Crippen LogP contribution >= 0.6 is 24.0 Å². The standard InChI is InChI=1S/C26H28ClNO6S.ClH/c1-2-34-26(31)23-13-12-22(16-24(23)29)35(32,33)21-10-8-18(9-11-21)5-4-14-28-17-25(30)19-6-3-7-20(27)15-19;/h3,6-13,15-16,25,28-30H,2,4-5,14,17H2,1H3;1H/t25-;/m0./s1. The minimum absolute atomic E-state index is 0. The molecule has 3 N–H and O–H groups in total. The molecule has 3 aromatic carbocycles. The third-order valence-corrected chi connectivity index (χ3v) is 7.40. The van der Waals surface area contributed by atoms with Crippen molar-refractivity contribution in [3.05, 3.63) is 88.4 Å². The molecule has 0 aromatic heterocycles. The number of carbonyl (C=O) groups excluding carboxylic acids is 1. The second-order valence-corrected chi connectivity index (χ2v) is 10.3. The minimum atomic E-state index is -3.86. The highest BCUT2D eigenvalue weighted by Crippen LogP contribution is 2.27. The molecule has 0 aliphatic carbocycles. The zero-order valence-electron chi connectivity index (χ0n) is 19.7. The van der Waals surface area contributed by atoms with Crippen molar-refractivity contribution in [3.63, 3.8) is 0 Å². The Morgan fingerprint density at radius 3 is 2.39 bits per heavy atom. The lowest BCUT2D eigenvalue weighted by molar-refractivity contribution is 0.0523. The normalized spacial score (nSPS) is 12.0. The summed E-state index contributed by atoms with van der Waals surface area (Å²) in [5.74, 6) is -1.17. The summed E-state index contributed by atoms with van der Waals surface area (Å²) in [7, 11) is -3.86. The number of rotatable bonds is 11. The van der Waals surface area contributed by atoms with Gasteiger partial charge >= 0.3 is 5.97 Å². The fraction of sp³-hybridized carbons (Fsp3) is 0.269. The second-order valence-electron chi connectivity index (χ2n) is 7.93. The van der Waals surface area contributed by atoms with E-state index in [4.69, 9.17) is 16.3 Å². The number of aryl methyl sites for hydroxylation is 1. The third kappa shape index (κ3) is 7.69. The van der Waals surface area contributed by atoms with Gasteiger partial charge in [-0.1, -0.05) is 35.9 Å². The number of nitrogens with one attached hydrogen (secondary N) is 1. The van der Waals surface area contributed by atoms with Crippen molar-refractivity contribution in [2.75, 3.05) is 19.7 Å². The van der Waals surface area contributed by atoms with Crippen LogP contribution in [0, 0.1) is 0 Å². The van der Waals surface area contributed by atoms with Crippen LogP contribution in [0.4, 0.5) is 0 Å². The average molecular weight is 554 g/mol. The van der Waals surface area contributed by atoms with E-state index in [1.165, 1.54) is 24.3 Å². The number of halogens is 2. The fourth-order valence-corrected chi connectivity index (χ4v) is 5.00. The highest BCUT2D eigenvalue weighted by Gasteiger charge is 2.21. The number of hydrogen-bond acceptors (Lipinski definition) is 7. The monoisotopic (exact) mass is 553 g/mol. The van der Waals surface area contributed by atoms with Gasteiger partial charge in [0.25, 0.3) is 0 Å². The van der Waals surface area contributed by atoms with Crippen molar-refractivity contribution in [3.8, 4) is 5.75 Å². The Morgan fingerprint density at radius 2 is 1.75 bits per heavy atom. The van der Waals surface area contributed by atoms with Crippen LogP contribution in [0.1, 0.15) is 40.9 Å². The van der Waals surface area contributed by atoms with Crippen molar-refractivity contribution < 1.29 is 28.2 Å². The van der Waals surface area contributed by atoms with E-state index in [0.29, 0.717) is 18.1 Å². The summed E-state index contributed by atoms with van der Waals surface area (Å²) < 4.78 is 30.7. The number of phenols is 1. The van der Waals surface area contributed by atoms with E-state index >= 15 is 0 Å². The van der Waals surface area contributed by atoms with Gasteiger partial charge in [0.1, 0.15) is 11.3 Å². The first-order valence-corrected chi connectivity index (χ1v) is 13.1. The van der Waals surface area contributed by atoms with Gasteiger partial charge in [0.05, 0.1) is 22.5 Å². The Kier molecular flexibility index (Phi) is 11.2. The lowest BCUT2D eigenvalue weighted by Gasteiger charge is -2.12. The van der Waals surface area contributed by atoms with Gasteiger partial charge in [-0.25, -0.2) is 13.2 Å². The molecule has 3 aromatic rings. The summed E-state index contributed by atoms with van der Waals surface area (Å²) in [5.41, 5.74) is 1.64. The maximum Gasteiger partial charge on any atom is 0.341 e. The van der Waals surface area contributed by atoms with Gasteiger partial charge in [-0.15, -0.1) is 12.4 Å². The first-order valence-electron chi connectivity index (χ1n) is 11.2. The zero-order valence-corrected chi connectivity index (χ0v) is 22.1. The van der Waals surface area contributed by atoms with Crippen LogP contribution in [0.15, 0.2) is 76.5 Å². The minimum Gasteiger partial charge on any atom is -0.507 e. The quantitative estimate of drug-likeness (QED) is 0.232. The van der Waals surface area contributed by atoms with Crippen molar-refractivity contribution >= 4 is 39.8 Å². The molecule has 194 valence electrons. The van der Waals surface area contributed by atoms with E-state index in [-0.39, 0.29) is 34.4 Å². The third-order valence-electron chi connectivity index (χ3n) is 5.40. The number of phenolic OH excluding ortho intramolecular Hbond substituents is 1. The largest absolute Gasteiger partial charge is 0.507 e. The predicted octanol–water partition coefficient (Wildman–Crippen LogP) is 4.73. The van der Waals surface area contributed by atoms with Crippen molar-refractivity contribution in [2.24, 2.45) is 0 Å². The number of benzene rings is 3. The summed E-state index contributed by atoms with van der Waals surface area (Å²) in [6.07, 6.45) is 0.886. The number of sulfone groups is 1. The van der Waals surface area contributed by atoms with E-state index in [1.807, 2.05) is 6.07 Å². The van der Waals surface area contributed by atoms with Gasteiger partial charge in [-0.3, -0.25) is 0 Å². The molecular formula is C26H29Cl2NO6S. The Bertz CT molecular complexity index is 1270. The molecule has 0 radical (unpaired) electrons. The van der Waals surface area contributed by atoms with Crippen molar-refractivity contribution in [1.29, 1.82) is 0 Å². The van der Waals surface area contributed by atoms with Crippen LogP contribution in [0.2, 0.25) is 5.02 Å². The first-order chi connectivity index (χ1) is 16.7. The molecular weight excluding hydrogens is 525 g/mol. The molecule has 0 spiro atoms. The molecule has 0 aliphatic heterocycles. The molecule has 0 bridgehead atoms. The Balaban J connectivity index is 0.00000456. The van der Waals surface area contributed by atoms with Crippen LogP contribution in [-0.2, 0) is 21.0 Å². The lowest BCUT2D eigenvalue weighted by atomic mass is 10.1. The highest BCUT2D eigenvalue weighted by molar-refractivity contribution is 7.91. The molecule has 0 aliphatic rings. The SMILES string of the molecule is CCOC(=O)c1ccc(S(=O)(=O)c2ccc(CCCNC[C@H](O)c3cccc(Cl)c3)cc2)cc1O.Cl. The summed E-state index contributed by atoms with van der Waals surface area (Å²) >= 11 is 5.95. The van der Waals surface area contributed by atoms with E-state index < -0.39 is 27.7 Å². The van der Waals surface area contributed by atoms with E-state index in [9.17, 15) is 23.4 Å². The maximum absolute atomic E-state index is 12.9. The Morgan fingerprint density at radius 1 is 1.06 bits per heavy atom. The van der Waals surface area contributed by atoms with Gasteiger partial charge in [-0.05, 0) is 79.9 Å². The predicted molar refractivity (Wildman–Crippen MR) is 141 cm³/mol. The molecule has 0 saturated heterocycles. The van der Waals surface area contributed by atoms with Gasteiger partial charge in [0.15, 0.2) is 0 Å². The van der Waals surface area contributed by atoms with Crippen LogP contribution in [0.3, 0.4) is 0 Å². The molecule has 0 amide bonds. The molecule has 1 atom stereocenters. The number of aliphatic hydroxyl groups is 1. The Labute approximate surface area is 222 Å². The second kappa shape index (κ2) is 13.6. The molecule has 3 rings (SSSR count). The fourth-order valence-electron chi connectivity index (χ4n) is 3.52. The molecule has 0 saturated carbocycles. The topological polar surface area (TPSA) is 113 Å². The van der Waals surface area contributed by atoms with Crippen LogP contribution in [0.25, 0.3) is 0 Å². The molecule has 7 nitrogen and oxygen atoms in total. The number of aromatic hydroxyl groups is 1. The van der Waals surface area contributed by atoms with Gasteiger partial charge in [-0.2, -0.15) is 0 Å². The van der Waals surface area contributed by atoms with Crippen LogP contribution in [-0.4, -0.2) is 44.3 Å². The molecule has 0 unspecified atom stereocenters. The molecule has 36 heavy (non-hydrogen) atoms. The van der Waals surface area contributed by atoms with E-state index in [2.05, 4.69) is 5.32 Å². The highest BCUT2D eigenvalue weighted by atomic mass is 35.5. The molecule has 0 heterocycles. The molecule has 0 fully saturated rings. The van der Waals surface area contributed by atoms with Gasteiger partial charge in [0, 0.05) is 11.6 Å². The molecule has 10 heteroatoms. The van der Waals surface area contributed by atoms with Gasteiger partial charge < -0.3 is 20.3 Å². The van der Waals surface area contributed by atoms with Crippen LogP contribution < -0.4 is 5.32 Å². The number of esters is 1. The van der Waals surface area contributed by atoms with Gasteiger partial charge in [0.2, 0.25) is 9.84 Å². The summed E-state index contributed by atoms with van der Waals surface area (Å²) in [5, 5.41) is 24.1. The maximum atomic E-state index is 12.9. The number of hydrogen-bond donors (Lipinski definition) is 3. The van der Waals surface area contributed by atoms with E-state index in [0.717, 1.165) is 30.0 Å². The number of carbonyl (C=O) groups is 1. The van der Waals surface area contributed by atoms with Crippen molar-refractivity contribution in [1.82, 2.24) is 5.32 Å². The number of aliphatic hydroxyl groups excluding tert-OH is 1. The summed E-state index contributed by atoms with van der Waals surface area (Å²) in [6.45, 7) is 2.87. The summed E-state index contributed by atoms with van der Waals surface area (Å²) in [4.78, 5) is 11.8. The van der Waals surface area contributed by atoms with E-state index in [1.54, 1.807) is 37.3 Å². The number of ether oxygens (including phenoxy) is 1. The lowest BCUT2D eigenvalue weighted by Crippen LogP contribution is -2.22. The smallest absolute Gasteiger partial charge is 0.341 e. The van der Waals surface area contributed by atoms with Crippen molar-refractivity contribution in [2.45, 2.75) is 35.7 Å².